The van der Waals surface area contributed by atoms with E-state index in [0.717, 1.165) is 38.0 Å². The number of aryl methyl sites for hydroxylation is 1. The van der Waals surface area contributed by atoms with Crippen molar-refractivity contribution in [3.8, 4) is 0 Å². The molecule has 1 aliphatic heterocycles. The lowest BCUT2D eigenvalue weighted by Gasteiger charge is -2.32. The SMILES string of the molecule is Cn1nc2cccc(NC(=O)NC3CCCN(Cc4cccs4)C3)c2n1. The van der Waals surface area contributed by atoms with Gasteiger partial charge in [-0.15, -0.1) is 11.3 Å². The summed E-state index contributed by atoms with van der Waals surface area (Å²) in [6.45, 7) is 2.91. The molecule has 4 rings (SSSR count). The Bertz CT molecular complexity index is 890. The molecule has 3 aromatic rings. The number of nitrogens with one attached hydrogen (secondary N) is 2. The molecular formula is C18H22N6OS. The Kier molecular flexibility index (Phi) is 4.85. The van der Waals surface area contributed by atoms with Crippen LogP contribution in [0.25, 0.3) is 11.0 Å². The van der Waals surface area contributed by atoms with Crippen LogP contribution in [0.3, 0.4) is 0 Å². The lowest BCUT2D eigenvalue weighted by Crippen LogP contribution is -2.48. The Morgan fingerprint density at radius 2 is 2.23 bits per heavy atom. The van der Waals surface area contributed by atoms with Crippen LogP contribution in [-0.4, -0.2) is 45.1 Å². The summed E-state index contributed by atoms with van der Waals surface area (Å²) in [6.07, 6.45) is 2.10. The third-order valence-electron chi connectivity index (χ3n) is 4.56. The smallest absolute Gasteiger partial charge is 0.319 e. The molecule has 0 spiro atoms. The van der Waals surface area contributed by atoms with Crippen LogP contribution < -0.4 is 10.6 Å². The molecule has 1 unspecified atom stereocenters. The first-order valence-corrected chi connectivity index (χ1v) is 9.67. The normalized spacial score (nSPS) is 18.1. The predicted octanol–water partition coefficient (Wildman–Crippen LogP) is 2.82. The van der Waals surface area contributed by atoms with Crippen molar-refractivity contribution in [1.29, 1.82) is 0 Å². The van der Waals surface area contributed by atoms with Gasteiger partial charge in [-0.2, -0.15) is 15.0 Å². The number of hydrogen-bond acceptors (Lipinski definition) is 5. The van der Waals surface area contributed by atoms with Gasteiger partial charge in [-0.3, -0.25) is 4.90 Å². The van der Waals surface area contributed by atoms with Gasteiger partial charge in [-0.1, -0.05) is 12.1 Å². The maximum atomic E-state index is 12.5. The molecule has 0 bridgehead atoms. The van der Waals surface area contributed by atoms with E-state index in [4.69, 9.17) is 0 Å². The Morgan fingerprint density at radius 3 is 3.08 bits per heavy atom. The molecule has 136 valence electrons. The van der Waals surface area contributed by atoms with Gasteiger partial charge in [-0.05, 0) is 43.0 Å². The number of aromatic nitrogens is 3. The lowest BCUT2D eigenvalue weighted by atomic mass is 10.1. The molecule has 1 saturated heterocycles. The Balaban J connectivity index is 1.36. The van der Waals surface area contributed by atoms with Crippen molar-refractivity contribution < 1.29 is 4.79 Å². The first-order valence-electron chi connectivity index (χ1n) is 8.80. The Hall–Kier alpha value is -2.45. The summed E-state index contributed by atoms with van der Waals surface area (Å²) in [6, 6.07) is 9.82. The quantitative estimate of drug-likeness (QED) is 0.741. The van der Waals surface area contributed by atoms with Gasteiger partial charge in [0.05, 0.1) is 5.69 Å². The Morgan fingerprint density at radius 1 is 1.31 bits per heavy atom. The summed E-state index contributed by atoms with van der Waals surface area (Å²) in [5, 5.41) is 16.7. The minimum Gasteiger partial charge on any atom is -0.334 e. The van der Waals surface area contributed by atoms with Gasteiger partial charge in [0.2, 0.25) is 0 Å². The average Bonchev–Trinajstić information content (AvgIpc) is 3.24. The highest BCUT2D eigenvalue weighted by Gasteiger charge is 2.22. The molecule has 1 aliphatic rings. The maximum Gasteiger partial charge on any atom is 0.319 e. The fourth-order valence-electron chi connectivity index (χ4n) is 3.42. The van der Waals surface area contributed by atoms with Crippen molar-refractivity contribution in [2.75, 3.05) is 18.4 Å². The zero-order valence-electron chi connectivity index (χ0n) is 14.7. The van der Waals surface area contributed by atoms with Gasteiger partial charge >= 0.3 is 6.03 Å². The number of carbonyl (C=O) groups excluding carboxylic acids is 1. The summed E-state index contributed by atoms with van der Waals surface area (Å²) < 4.78 is 0. The summed E-state index contributed by atoms with van der Waals surface area (Å²) >= 11 is 1.78. The third-order valence-corrected chi connectivity index (χ3v) is 5.42. The van der Waals surface area contributed by atoms with Gasteiger partial charge in [-0.25, -0.2) is 4.79 Å². The number of anilines is 1. The maximum absolute atomic E-state index is 12.5. The van der Waals surface area contributed by atoms with E-state index in [1.165, 1.54) is 9.67 Å². The van der Waals surface area contributed by atoms with E-state index < -0.39 is 0 Å². The van der Waals surface area contributed by atoms with E-state index in [0.29, 0.717) is 11.2 Å². The molecule has 0 saturated carbocycles. The molecule has 0 radical (unpaired) electrons. The number of amides is 2. The molecule has 7 nitrogen and oxygen atoms in total. The summed E-state index contributed by atoms with van der Waals surface area (Å²) in [4.78, 5) is 17.7. The molecule has 1 aromatic carbocycles. The molecule has 2 amide bonds. The second-order valence-corrected chi connectivity index (χ2v) is 7.65. The van der Waals surface area contributed by atoms with E-state index in [1.54, 1.807) is 18.4 Å². The minimum atomic E-state index is -0.189. The van der Waals surface area contributed by atoms with Crippen molar-refractivity contribution in [2.24, 2.45) is 7.05 Å². The van der Waals surface area contributed by atoms with E-state index in [2.05, 4.69) is 43.2 Å². The van der Waals surface area contributed by atoms with E-state index >= 15 is 0 Å². The summed E-state index contributed by atoms with van der Waals surface area (Å²) in [7, 11) is 1.77. The molecule has 1 fully saturated rings. The highest BCUT2D eigenvalue weighted by molar-refractivity contribution is 7.09. The molecule has 2 aromatic heterocycles. The van der Waals surface area contributed by atoms with Crippen LogP contribution >= 0.6 is 11.3 Å². The van der Waals surface area contributed by atoms with Crippen LogP contribution in [0.5, 0.6) is 0 Å². The fourth-order valence-corrected chi connectivity index (χ4v) is 4.17. The summed E-state index contributed by atoms with van der Waals surface area (Å²) in [5.74, 6) is 0. The molecule has 0 aliphatic carbocycles. The number of carbonyl (C=O) groups is 1. The van der Waals surface area contributed by atoms with Gasteiger partial charge in [0, 0.05) is 31.1 Å². The van der Waals surface area contributed by atoms with Gasteiger partial charge in [0.15, 0.2) is 0 Å². The molecular weight excluding hydrogens is 348 g/mol. The number of thiophene rings is 1. The first-order chi connectivity index (χ1) is 12.7. The molecule has 1 atom stereocenters. The summed E-state index contributed by atoms with van der Waals surface area (Å²) in [5.41, 5.74) is 2.15. The zero-order chi connectivity index (χ0) is 17.9. The molecule has 3 heterocycles. The second kappa shape index (κ2) is 7.43. The number of piperidine rings is 1. The van der Waals surface area contributed by atoms with Crippen LogP contribution in [0.15, 0.2) is 35.7 Å². The van der Waals surface area contributed by atoms with Crippen molar-refractivity contribution in [2.45, 2.75) is 25.4 Å². The van der Waals surface area contributed by atoms with Crippen LogP contribution in [0.2, 0.25) is 0 Å². The van der Waals surface area contributed by atoms with Gasteiger partial charge in [0.1, 0.15) is 11.0 Å². The number of nitrogens with zero attached hydrogens (tertiary/aromatic N) is 4. The lowest BCUT2D eigenvalue weighted by molar-refractivity contribution is 0.184. The topological polar surface area (TPSA) is 75.1 Å². The van der Waals surface area contributed by atoms with Gasteiger partial charge in [0.25, 0.3) is 0 Å². The molecule has 26 heavy (non-hydrogen) atoms. The van der Waals surface area contributed by atoms with E-state index in [1.807, 2.05) is 18.2 Å². The van der Waals surface area contributed by atoms with Crippen molar-refractivity contribution >= 4 is 34.1 Å². The largest absolute Gasteiger partial charge is 0.334 e. The predicted molar refractivity (Wildman–Crippen MR) is 103 cm³/mol. The van der Waals surface area contributed by atoms with Crippen LogP contribution in [0.1, 0.15) is 17.7 Å². The number of urea groups is 1. The number of fused-ring (bicyclic) bond motifs is 1. The Labute approximate surface area is 156 Å². The van der Waals surface area contributed by atoms with Crippen molar-refractivity contribution in [3.05, 3.63) is 40.6 Å². The fraction of sp³-hybridized carbons (Fsp3) is 0.389. The van der Waals surface area contributed by atoms with E-state index in [9.17, 15) is 4.79 Å². The zero-order valence-corrected chi connectivity index (χ0v) is 15.5. The number of benzene rings is 1. The number of likely N-dealkylation sites (tertiary alicyclic amines) is 1. The van der Waals surface area contributed by atoms with Crippen LogP contribution in [-0.2, 0) is 13.6 Å². The van der Waals surface area contributed by atoms with Crippen molar-refractivity contribution in [1.82, 2.24) is 25.2 Å². The average molecular weight is 370 g/mol. The van der Waals surface area contributed by atoms with Crippen LogP contribution in [0, 0.1) is 0 Å². The monoisotopic (exact) mass is 370 g/mol. The second-order valence-electron chi connectivity index (χ2n) is 6.61. The number of rotatable bonds is 4. The van der Waals surface area contributed by atoms with Crippen molar-refractivity contribution in [3.63, 3.8) is 0 Å². The van der Waals surface area contributed by atoms with Gasteiger partial charge < -0.3 is 10.6 Å². The third kappa shape index (κ3) is 3.86. The van der Waals surface area contributed by atoms with Crippen LogP contribution in [0.4, 0.5) is 10.5 Å². The molecule has 8 heteroatoms. The van der Waals surface area contributed by atoms with E-state index in [-0.39, 0.29) is 12.1 Å². The molecule has 2 N–H and O–H groups in total. The number of hydrogen-bond donors (Lipinski definition) is 2. The highest BCUT2D eigenvalue weighted by atomic mass is 32.1. The first kappa shape index (κ1) is 17.0. The minimum absolute atomic E-state index is 0.157. The highest BCUT2D eigenvalue weighted by Crippen LogP contribution is 2.20. The standard InChI is InChI=1S/C18H22N6OS/c1-23-21-16-8-2-7-15(17(16)22-23)20-18(25)19-13-5-3-9-24(11-13)12-14-6-4-10-26-14/h2,4,6-8,10,13H,3,5,9,11-12H2,1H3,(H2,19,20,25).